The molecule has 0 aliphatic rings. The minimum absolute atomic E-state index is 0.000988. The Morgan fingerprint density at radius 2 is 1.89 bits per heavy atom. The van der Waals surface area contributed by atoms with E-state index in [1.54, 1.807) is 13.0 Å². The van der Waals surface area contributed by atoms with Gasteiger partial charge in [0.25, 0.3) is 5.91 Å². The van der Waals surface area contributed by atoms with Gasteiger partial charge in [0.15, 0.2) is 0 Å². The van der Waals surface area contributed by atoms with E-state index in [1.807, 2.05) is 54.6 Å². The lowest BCUT2D eigenvalue weighted by atomic mass is 10.0. The molecule has 7 heteroatoms. The van der Waals surface area contributed by atoms with Crippen LogP contribution in [0.4, 0.5) is 0 Å². The first kappa shape index (κ1) is 16.7. The van der Waals surface area contributed by atoms with Gasteiger partial charge in [0, 0.05) is 10.9 Å². The average Bonchev–Trinajstić information content (AvgIpc) is 3.09. The number of carbonyl (C=O) groups is 1. The molecule has 0 bridgehead atoms. The topological polar surface area (TPSA) is 92.4 Å². The van der Waals surface area contributed by atoms with E-state index in [4.69, 9.17) is 0 Å². The lowest BCUT2D eigenvalue weighted by Gasteiger charge is -2.08. The molecule has 0 unspecified atom stereocenters. The number of hydrazone groups is 1. The van der Waals surface area contributed by atoms with Crippen molar-refractivity contribution in [2.24, 2.45) is 5.10 Å². The number of aromatic hydroxyl groups is 1. The van der Waals surface area contributed by atoms with Crippen LogP contribution in [0.3, 0.4) is 0 Å². The van der Waals surface area contributed by atoms with E-state index in [1.165, 1.54) is 4.68 Å². The summed E-state index contributed by atoms with van der Waals surface area (Å²) in [5.41, 5.74) is 5.09. The maximum atomic E-state index is 12.2. The molecule has 2 N–H and O–H groups in total. The summed E-state index contributed by atoms with van der Waals surface area (Å²) in [7, 11) is 0. The highest BCUT2D eigenvalue weighted by molar-refractivity contribution is 6.06. The number of phenols is 1. The predicted molar refractivity (Wildman–Crippen MR) is 103 cm³/mol. The molecular formula is C20H17N5O2. The van der Waals surface area contributed by atoms with Crippen LogP contribution in [0.15, 0.2) is 65.8 Å². The molecule has 0 saturated heterocycles. The molecule has 0 saturated carbocycles. The van der Waals surface area contributed by atoms with Crippen molar-refractivity contribution < 1.29 is 9.90 Å². The molecule has 3 aromatic carbocycles. The Morgan fingerprint density at radius 3 is 2.78 bits per heavy atom. The molecule has 0 atom stereocenters. The SMILES string of the molecule is C/C(=N\NC(=O)Cn1nnc2ccccc21)c1ccc2ccccc2c1O. The van der Waals surface area contributed by atoms with Gasteiger partial charge >= 0.3 is 0 Å². The third-order valence-corrected chi connectivity index (χ3v) is 4.35. The number of rotatable bonds is 4. The Hall–Kier alpha value is -3.74. The fourth-order valence-corrected chi connectivity index (χ4v) is 2.96. The van der Waals surface area contributed by atoms with Crippen LogP contribution in [-0.4, -0.2) is 31.7 Å². The minimum atomic E-state index is -0.328. The Morgan fingerprint density at radius 1 is 1.11 bits per heavy atom. The smallest absolute Gasteiger partial charge is 0.261 e. The van der Waals surface area contributed by atoms with Crippen LogP contribution >= 0.6 is 0 Å². The molecule has 4 rings (SSSR count). The van der Waals surface area contributed by atoms with Crippen molar-refractivity contribution in [1.29, 1.82) is 0 Å². The van der Waals surface area contributed by atoms with Crippen LogP contribution in [0.25, 0.3) is 21.8 Å². The molecule has 27 heavy (non-hydrogen) atoms. The molecule has 0 spiro atoms. The summed E-state index contributed by atoms with van der Waals surface area (Å²) in [6.45, 7) is 1.73. The molecule has 1 aromatic heterocycles. The maximum Gasteiger partial charge on any atom is 0.261 e. The number of aromatic nitrogens is 3. The van der Waals surface area contributed by atoms with Gasteiger partial charge in [-0.3, -0.25) is 4.79 Å². The summed E-state index contributed by atoms with van der Waals surface area (Å²) in [6.07, 6.45) is 0. The first-order valence-electron chi connectivity index (χ1n) is 8.46. The average molecular weight is 359 g/mol. The van der Waals surface area contributed by atoms with E-state index in [0.717, 1.165) is 21.8 Å². The lowest BCUT2D eigenvalue weighted by molar-refractivity contribution is -0.121. The highest BCUT2D eigenvalue weighted by Crippen LogP contribution is 2.28. The van der Waals surface area contributed by atoms with Crippen molar-refractivity contribution in [3.05, 3.63) is 66.2 Å². The van der Waals surface area contributed by atoms with Gasteiger partial charge in [0.2, 0.25) is 0 Å². The number of nitrogens with zero attached hydrogens (tertiary/aromatic N) is 4. The molecule has 134 valence electrons. The number of carbonyl (C=O) groups excluding carboxylic acids is 1. The Kier molecular flexibility index (Phi) is 4.25. The number of hydrogen-bond donors (Lipinski definition) is 2. The van der Waals surface area contributed by atoms with Gasteiger partial charge < -0.3 is 5.11 Å². The largest absolute Gasteiger partial charge is 0.507 e. The van der Waals surface area contributed by atoms with Gasteiger partial charge in [-0.15, -0.1) is 5.10 Å². The van der Waals surface area contributed by atoms with Crippen LogP contribution in [0, 0.1) is 0 Å². The Labute approximate surface area is 154 Å². The molecular weight excluding hydrogens is 342 g/mol. The van der Waals surface area contributed by atoms with Crippen molar-refractivity contribution in [2.45, 2.75) is 13.5 Å². The van der Waals surface area contributed by atoms with Crippen LogP contribution in [0.5, 0.6) is 5.75 Å². The predicted octanol–water partition coefficient (Wildman–Crippen LogP) is 2.83. The van der Waals surface area contributed by atoms with Crippen LogP contribution in [0.1, 0.15) is 12.5 Å². The molecule has 0 fully saturated rings. The molecule has 0 aliphatic heterocycles. The second-order valence-electron chi connectivity index (χ2n) is 6.15. The number of para-hydroxylation sites is 1. The molecule has 0 aliphatic carbocycles. The zero-order chi connectivity index (χ0) is 18.8. The number of phenolic OH excluding ortho intramolecular Hbond substituents is 1. The second-order valence-corrected chi connectivity index (χ2v) is 6.15. The minimum Gasteiger partial charge on any atom is -0.507 e. The summed E-state index contributed by atoms with van der Waals surface area (Å²) in [6, 6.07) is 18.7. The fraction of sp³-hybridized carbons (Fsp3) is 0.100. The normalized spacial score (nSPS) is 11.8. The van der Waals surface area contributed by atoms with Gasteiger partial charge in [-0.25, -0.2) is 10.1 Å². The third-order valence-electron chi connectivity index (χ3n) is 4.35. The van der Waals surface area contributed by atoms with E-state index >= 15 is 0 Å². The van der Waals surface area contributed by atoms with Crippen molar-refractivity contribution in [3.8, 4) is 5.75 Å². The maximum absolute atomic E-state index is 12.2. The summed E-state index contributed by atoms with van der Waals surface area (Å²) in [5.74, 6) is -0.184. The van der Waals surface area contributed by atoms with Crippen molar-refractivity contribution in [3.63, 3.8) is 0 Å². The van der Waals surface area contributed by atoms with Gasteiger partial charge in [-0.05, 0) is 30.5 Å². The van der Waals surface area contributed by atoms with Crippen molar-refractivity contribution in [2.75, 3.05) is 0 Å². The highest BCUT2D eigenvalue weighted by atomic mass is 16.3. The van der Waals surface area contributed by atoms with Gasteiger partial charge in [-0.1, -0.05) is 47.7 Å². The first-order chi connectivity index (χ1) is 13.1. The number of benzene rings is 3. The van der Waals surface area contributed by atoms with Gasteiger partial charge in [-0.2, -0.15) is 5.10 Å². The van der Waals surface area contributed by atoms with Crippen LogP contribution in [-0.2, 0) is 11.3 Å². The fourth-order valence-electron chi connectivity index (χ4n) is 2.96. The van der Waals surface area contributed by atoms with Gasteiger partial charge in [0.1, 0.15) is 17.8 Å². The third kappa shape index (κ3) is 3.22. The molecule has 0 radical (unpaired) electrons. The monoisotopic (exact) mass is 359 g/mol. The Bertz CT molecular complexity index is 1180. The number of nitrogens with one attached hydrogen (secondary N) is 1. The zero-order valence-corrected chi connectivity index (χ0v) is 14.6. The molecule has 1 amide bonds. The quantitative estimate of drug-likeness (QED) is 0.433. The lowest BCUT2D eigenvalue weighted by Crippen LogP contribution is -2.24. The van der Waals surface area contributed by atoms with E-state index in [0.29, 0.717) is 11.3 Å². The summed E-state index contributed by atoms with van der Waals surface area (Å²) in [4.78, 5) is 12.2. The van der Waals surface area contributed by atoms with E-state index in [9.17, 15) is 9.90 Å². The summed E-state index contributed by atoms with van der Waals surface area (Å²) < 4.78 is 1.52. The van der Waals surface area contributed by atoms with Crippen LogP contribution < -0.4 is 5.43 Å². The van der Waals surface area contributed by atoms with Crippen molar-refractivity contribution >= 4 is 33.4 Å². The second kappa shape index (κ2) is 6.87. The van der Waals surface area contributed by atoms with Crippen molar-refractivity contribution in [1.82, 2.24) is 20.4 Å². The summed E-state index contributed by atoms with van der Waals surface area (Å²) in [5, 5.41) is 24.3. The molecule has 1 heterocycles. The number of hydrogen-bond acceptors (Lipinski definition) is 5. The number of fused-ring (bicyclic) bond motifs is 2. The van der Waals surface area contributed by atoms with Gasteiger partial charge in [0.05, 0.1) is 11.2 Å². The molecule has 7 nitrogen and oxygen atoms in total. The highest BCUT2D eigenvalue weighted by Gasteiger charge is 2.11. The van der Waals surface area contributed by atoms with E-state index in [2.05, 4.69) is 20.8 Å². The van der Waals surface area contributed by atoms with Crippen LogP contribution in [0.2, 0.25) is 0 Å². The summed E-state index contributed by atoms with van der Waals surface area (Å²) >= 11 is 0. The standard InChI is InChI=1S/C20H17N5O2/c1-13(15-11-10-14-6-2-3-7-16(14)20(15)27)21-23-19(26)12-25-18-9-5-4-8-17(18)22-24-25/h2-11,27H,12H2,1H3,(H,23,26)/b21-13+. The first-order valence-corrected chi connectivity index (χ1v) is 8.46. The Balaban J connectivity index is 1.52. The number of amides is 1. The van der Waals surface area contributed by atoms with E-state index < -0.39 is 0 Å². The van der Waals surface area contributed by atoms with E-state index in [-0.39, 0.29) is 18.2 Å². The molecule has 4 aromatic rings. The zero-order valence-electron chi connectivity index (χ0n) is 14.6.